The maximum atomic E-state index is 10.6. The highest BCUT2D eigenvalue weighted by Crippen LogP contribution is 2.28. The predicted octanol–water partition coefficient (Wildman–Crippen LogP) is 1.09. The number of phenolic OH excluding ortho intramolecular Hbond substituents is 1. The molecule has 0 bridgehead atoms. The number of aliphatic carboxylic acids is 1. The van der Waals surface area contributed by atoms with E-state index in [0.717, 1.165) is 5.56 Å². The largest absolute Gasteiger partial charge is 0.507 e. The second-order valence-electron chi connectivity index (χ2n) is 3.26. The van der Waals surface area contributed by atoms with Crippen LogP contribution in [0.1, 0.15) is 22.7 Å². The van der Waals surface area contributed by atoms with Gasteiger partial charge in [0.2, 0.25) is 0 Å². The van der Waals surface area contributed by atoms with Crippen LogP contribution in [0.5, 0.6) is 5.75 Å². The molecule has 0 aromatic heterocycles. The SMILES string of the molecule is Cc1ccc([C@H](N)C(=O)O)c(O)c1C. The van der Waals surface area contributed by atoms with Crippen LogP contribution >= 0.6 is 0 Å². The smallest absolute Gasteiger partial charge is 0.325 e. The molecule has 0 heterocycles. The zero-order valence-electron chi connectivity index (χ0n) is 8.11. The first kappa shape index (κ1) is 10.5. The highest BCUT2D eigenvalue weighted by molar-refractivity contribution is 5.76. The molecule has 0 aliphatic rings. The summed E-state index contributed by atoms with van der Waals surface area (Å²) in [6, 6.07) is 2.11. The van der Waals surface area contributed by atoms with E-state index in [9.17, 15) is 9.90 Å². The Morgan fingerprint density at radius 1 is 1.43 bits per heavy atom. The van der Waals surface area contributed by atoms with Crippen molar-refractivity contribution in [1.29, 1.82) is 0 Å². The van der Waals surface area contributed by atoms with Crippen LogP contribution in [-0.2, 0) is 4.79 Å². The van der Waals surface area contributed by atoms with Gasteiger partial charge in [-0.15, -0.1) is 0 Å². The van der Waals surface area contributed by atoms with E-state index in [2.05, 4.69) is 0 Å². The number of carboxylic acid groups (broad SMARTS) is 1. The lowest BCUT2D eigenvalue weighted by Gasteiger charge is -2.12. The summed E-state index contributed by atoms with van der Waals surface area (Å²) in [5.74, 6) is -1.18. The van der Waals surface area contributed by atoms with Crippen LogP contribution < -0.4 is 5.73 Å². The summed E-state index contributed by atoms with van der Waals surface area (Å²) < 4.78 is 0. The third kappa shape index (κ3) is 1.70. The number of carboxylic acids is 1. The summed E-state index contributed by atoms with van der Waals surface area (Å²) in [5.41, 5.74) is 7.22. The van der Waals surface area contributed by atoms with Gasteiger partial charge in [0.25, 0.3) is 0 Å². The van der Waals surface area contributed by atoms with Crippen molar-refractivity contribution < 1.29 is 15.0 Å². The van der Waals surface area contributed by atoms with Gasteiger partial charge in [-0.25, -0.2) is 0 Å². The number of carbonyl (C=O) groups is 1. The van der Waals surface area contributed by atoms with Gasteiger partial charge in [0, 0.05) is 5.56 Å². The van der Waals surface area contributed by atoms with E-state index in [1.54, 1.807) is 13.0 Å². The monoisotopic (exact) mass is 195 g/mol. The highest BCUT2D eigenvalue weighted by Gasteiger charge is 2.19. The fraction of sp³-hybridized carbons (Fsp3) is 0.300. The van der Waals surface area contributed by atoms with Crippen molar-refractivity contribution in [2.75, 3.05) is 0 Å². The molecule has 1 aromatic rings. The molecule has 4 nitrogen and oxygen atoms in total. The predicted molar refractivity (Wildman–Crippen MR) is 52.1 cm³/mol. The molecule has 4 N–H and O–H groups in total. The van der Waals surface area contributed by atoms with Gasteiger partial charge in [0.1, 0.15) is 11.8 Å². The number of aromatic hydroxyl groups is 1. The Morgan fingerprint density at radius 3 is 2.50 bits per heavy atom. The number of benzene rings is 1. The second kappa shape index (κ2) is 3.67. The summed E-state index contributed by atoms with van der Waals surface area (Å²) in [5, 5.41) is 18.3. The minimum atomic E-state index is -1.17. The Hall–Kier alpha value is -1.55. The number of hydrogen-bond donors (Lipinski definition) is 3. The zero-order valence-corrected chi connectivity index (χ0v) is 8.11. The molecule has 0 saturated carbocycles. The van der Waals surface area contributed by atoms with Crippen molar-refractivity contribution in [3.8, 4) is 5.75 Å². The van der Waals surface area contributed by atoms with Crippen LogP contribution in [0.4, 0.5) is 0 Å². The molecule has 76 valence electrons. The molecule has 0 amide bonds. The van der Waals surface area contributed by atoms with Crippen LogP contribution in [0.15, 0.2) is 12.1 Å². The molecule has 0 spiro atoms. The second-order valence-corrected chi connectivity index (χ2v) is 3.26. The molecule has 1 atom stereocenters. The first-order valence-electron chi connectivity index (χ1n) is 4.22. The van der Waals surface area contributed by atoms with Gasteiger partial charge >= 0.3 is 5.97 Å². The van der Waals surface area contributed by atoms with Crippen LogP contribution in [0, 0.1) is 13.8 Å². The van der Waals surface area contributed by atoms with Gasteiger partial charge in [-0.1, -0.05) is 12.1 Å². The molecule has 1 rings (SSSR count). The molecule has 0 unspecified atom stereocenters. The lowest BCUT2D eigenvalue weighted by atomic mass is 10.00. The Bertz CT molecular complexity index is 374. The van der Waals surface area contributed by atoms with Crippen LogP contribution in [-0.4, -0.2) is 16.2 Å². The van der Waals surface area contributed by atoms with Crippen molar-refractivity contribution in [2.24, 2.45) is 5.73 Å². The van der Waals surface area contributed by atoms with E-state index in [1.807, 2.05) is 6.92 Å². The molecular formula is C10H13NO3. The maximum Gasteiger partial charge on any atom is 0.325 e. The lowest BCUT2D eigenvalue weighted by Crippen LogP contribution is -2.20. The topological polar surface area (TPSA) is 83.6 Å². The quantitative estimate of drug-likeness (QED) is 0.659. The Morgan fingerprint density at radius 2 is 2.00 bits per heavy atom. The van der Waals surface area contributed by atoms with E-state index in [4.69, 9.17) is 10.8 Å². The fourth-order valence-electron chi connectivity index (χ4n) is 1.21. The third-order valence-corrected chi connectivity index (χ3v) is 2.33. The number of nitrogens with two attached hydrogens (primary N) is 1. The molecule has 0 aliphatic carbocycles. The maximum absolute atomic E-state index is 10.6. The summed E-state index contributed by atoms with van der Waals surface area (Å²) in [4.78, 5) is 10.6. The molecule has 0 saturated heterocycles. The van der Waals surface area contributed by atoms with Gasteiger partial charge in [-0.05, 0) is 25.0 Å². The highest BCUT2D eigenvalue weighted by atomic mass is 16.4. The number of phenols is 1. The molecular weight excluding hydrogens is 182 g/mol. The van der Waals surface area contributed by atoms with Crippen molar-refractivity contribution in [3.05, 3.63) is 28.8 Å². The first-order valence-corrected chi connectivity index (χ1v) is 4.22. The van der Waals surface area contributed by atoms with E-state index < -0.39 is 12.0 Å². The average molecular weight is 195 g/mol. The standard InChI is InChI=1S/C10H13NO3/c1-5-3-4-7(8(11)10(13)14)9(12)6(5)2/h3-4,8,12H,11H2,1-2H3,(H,13,14)/t8-/m0/s1. The van der Waals surface area contributed by atoms with Gasteiger partial charge in [0.15, 0.2) is 0 Å². The summed E-state index contributed by atoms with van der Waals surface area (Å²) in [7, 11) is 0. The van der Waals surface area contributed by atoms with Crippen LogP contribution in [0.2, 0.25) is 0 Å². The Balaban J connectivity index is 3.24. The molecule has 0 radical (unpaired) electrons. The number of aryl methyl sites for hydroxylation is 1. The van der Waals surface area contributed by atoms with E-state index in [1.165, 1.54) is 6.07 Å². The Kier molecular flexibility index (Phi) is 2.76. The normalized spacial score (nSPS) is 12.5. The summed E-state index contributed by atoms with van der Waals surface area (Å²) >= 11 is 0. The zero-order chi connectivity index (χ0) is 10.9. The number of hydrogen-bond acceptors (Lipinski definition) is 3. The molecule has 1 aromatic carbocycles. The van der Waals surface area contributed by atoms with Gasteiger partial charge in [-0.3, -0.25) is 4.79 Å². The Labute approximate surface area is 82.0 Å². The van der Waals surface area contributed by atoms with E-state index >= 15 is 0 Å². The van der Waals surface area contributed by atoms with Crippen molar-refractivity contribution in [1.82, 2.24) is 0 Å². The van der Waals surface area contributed by atoms with E-state index in [-0.39, 0.29) is 11.3 Å². The van der Waals surface area contributed by atoms with Gasteiger partial charge < -0.3 is 15.9 Å². The minimum Gasteiger partial charge on any atom is -0.507 e. The van der Waals surface area contributed by atoms with Crippen LogP contribution in [0.3, 0.4) is 0 Å². The summed E-state index contributed by atoms with van der Waals surface area (Å²) in [6.07, 6.45) is 0. The fourth-order valence-corrected chi connectivity index (χ4v) is 1.21. The molecule has 14 heavy (non-hydrogen) atoms. The molecule has 0 fully saturated rings. The van der Waals surface area contributed by atoms with Gasteiger partial charge in [-0.2, -0.15) is 0 Å². The summed E-state index contributed by atoms with van der Waals surface area (Å²) in [6.45, 7) is 3.56. The average Bonchev–Trinajstić information content (AvgIpc) is 2.13. The molecule has 4 heteroatoms. The van der Waals surface area contributed by atoms with Crippen molar-refractivity contribution in [2.45, 2.75) is 19.9 Å². The number of rotatable bonds is 2. The van der Waals surface area contributed by atoms with Crippen LogP contribution in [0.25, 0.3) is 0 Å². The van der Waals surface area contributed by atoms with E-state index in [0.29, 0.717) is 5.56 Å². The van der Waals surface area contributed by atoms with Crippen molar-refractivity contribution >= 4 is 5.97 Å². The third-order valence-electron chi connectivity index (χ3n) is 2.33. The first-order chi connectivity index (χ1) is 6.45. The van der Waals surface area contributed by atoms with Gasteiger partial charge in [0.05, 0.1) is 0 Å². The lowest BCUT2D eigenvalue weighted by molar-refractivity contribution is -0.138. The molecule has 0 aliphatic heterocycles. The minimum absolute atomic E-state index is 0.0279. The van der Waals surface area contributed by atoms with Crippen molar-refractivity contribution in [3.63, 3.8) is 0 Å².